The third-order valence-electron chi connectivity index (χ3n) is 3.94. The van der Waals surface area contributed by atoms with Gasteiger partial charge in [-0.1, -0.05) is 23.7 Å². The number of aromatic nitrogens is 2. The van der Waals surface area contributed by atoms with Crippen molar-refractivity contribution in [3.8, 4) is 0 Å². The van der Waals surface area contributed by atoms with Crippen molar-refractivity contribution in [2.45, 2.75) is 19.5 Å². The molecule has 0 aliphatic rings. The number of carbonyl (C=O) groups is 1. The van der Waals surface area contributed by atoms with Crippen LogP contribution in [0.4, 0.5) is 9.18 Å². The molecule has 3 aromatic rings. The van der Waals surface area contributed by atoms with Crippen molar-refractivity contribution in [1.29, 1.82) is 0 Å². The topological polar surface area (TPSA) is 61.0 Å². The highest BCUT2D eigenvalue weighted by atomic mass is 35.5. The first-order valence-electron chi connectivity index (χ1n) is 7.83. The Balaban J connectivity index is 1.64. The molecule has 0 aliphatic carbocycles. The zero-order chi connectivity index (χ0) is 18.0. The van der Waals surface area contributed by atoms with Crippen molar-refractivity contribution < 1.29 is 9.18 Å². The maximum Gasteiger partial charge on any atom is 0.318 e. The largest absolute Gasteiger partial charge is 0.340 e. The molecule has 1 heterocycles. The first-order chi connectivity index (χ1) is 11.9. The summed E-state index contributed by atoms with van der Waals surface area (Å²) in [6, 6.07) is 11.3. The Morgan fingerprint density at radius 2 is 2.04 bits per heavy atom. The van der Waals surface area contributed by atoms with E-state index in [4.69, 9.17) is 11.6 Å². The number of urea groups is 1. The second kappa shape index (κ2) is 7.11. The average Bonchev–Trinajstić information content (AvgIpc) is 2.96. The van der Waals surface area contributed by atoms with Crippen LogP contribution in [0.25, 0.3) is 11.0 Å². The Morgan fingerprint density at radius 1 is 1.32 bits per heavy atom. The number of rotatable bonds is 4. The van der Waals surface area contributed by atoms with Crippen LogP contribution in [0.2, 0.25) is 5.02 Å². The molecule has 0 aliphatic heterocycles. The number of amides is 2. The minimum absolute atomic E-state index is 0.156. The summed E-state index contributed by atoms with van der Waals surface area (Å²) in [7, 11) is 1.68. The second-order valence-electron chi connectivity index (χ2n) is 5.92. The molecule has 0 bridgehead atoms. The number of nitrogens with one attached hydrogen (secondary N) is 2. The van der Waals surface area contributed by atoms with Gasteiger partial charge in [0.2, 0.25) is 0 Å². The van der Waals surface area contributed by atoms with Crippen LogP contribution in [0.3, 0.4) is 0 Å². The lowest BCUT2D eigenvalue weighted by Gasteiger charge is -2.21. The summed E-state index contributed by atoms with van der Waals surface area (Å²) >= 11 is 5.88. The Labute approximate surface area is 149 Å². The normalized spacial score (nSPS) is 12.2. The molecule has 3 rings (SSSR count). The van der Waals surface area contributed by atoms with Gasteiger partial charge in [-0.3, -0.25) is 0 Å². The summed E-state index contributed by atoms with van der Waals surface area (Å²) in [5.74, 6) is 0.267. The molecule has 1 atom stereocenters. The van der Waals surface area contributed by atoms with Crippen molar-refractivity contribution in [3.63, 3.8) is 0 Å². The van der Waals surface area contributed by atoms with Gasteiger partial charge in [-0.15, -0.1) is 0 Å². The highest BCUT2D eigenvalue weighted by molar-refractivity contribution is 6.30. The number of fused-ring (bicyclic) bond motifs is 1. The number of aromatic amines is 1. The van der Waals surface area contributed by atoms with Gasteiger partial charge in [0, 0.05) is 12.1 Å². The molecular weight excluding hydrogens is 343 g/mol. The molecule has 2 aromatic carbocycles. The van der Waals surface area contributed by atoms with Gasteiger partial charge in [0.05, 0.1) is 23.6 Å². The van der Waals surface area contributed by atoms with Gasteiger partial charge >= 0.3 is 6.03 Å². The highest BCUT2D eigenvalue weighted by Crippen LogP contribution is 2.17. The Kier molecular flexibility index (Phi) is 4.90. The van der Waals surface area contributed by atoms with E-state index in [1.54, 1.807) is 25.2 Å². The van der Waals surface area contributed by atoms with E-state index in [0.29, 0.717) is 21.9 Å². The summed E-state index contributed by atoms with van der Waals surface area (Å²) < 4.78 is 13.2. The van der Waals surface area contributed by atoms with E-state index in [0.717, 1.165) is 5.56 Å². The number of benzene rings is 2. The van der Waals surface area contributed by atoms with Crippen molar-refractivity contribution in [2.75, 3.05) is 7.05 Å². The van der Waals surface area contributed by atoms with Crippen molar-refractivity contribution in [2.24, 2.45) is 0 Å². The standard InChI is InChI=1S/C18H18ClFN4O/c1-11(12-3-5-13(19)6-4-12)21-18(25)24(2)10-17-22-15-8-7-14(20)9-16(15)23-17/h3-9,11H,10H2,1-2H3,(H,21,25)(H,22,23)/t11-/m1/s1. The van der Waals surface area contributed by atoms with Gasteiger partial charge in [-0.25, -0.2) is 14.2 Å². The number of nitrogens with zero attached hydrogens (tertiary/aromatic N) is 2. The predicted molar refractivity (Wildman–Crippen MR) is 95.9 cm³/mol. The third kappa shape index (κ3) is 4.09. The minimum Gasteiger partial charge on any atom is -0.340 e. The number of imidazole rings is 1. The fraction of sp³-hybridized carbons (Fsp3) is 0.222. The van der Waals surface area contributed by atoms with Crippen LogP contribution in [0.15, 0.2) is 42.5 Å². The molecule has 0 saturated carbocycles. The average molecular weight is 361 g/mol. The SMILES string of the molecule is C[C@@H](NC(=O)N(C)Cc1nc2ccc(F)cc2[nH]1)c1ccc(Cl)cc1. The first-order valence-corrected chi connectivity index (χ1v) is 8.21. The Hall–Kier alpha value is -2.60. The quantitative estimate of drug-likeness (QED) is 0.730. The molecule has 0 spiro atoms. The Bertz CT molecular complexity index is 894. The van der Waals surface area contributed by atoms with E-state index in [9.17, 15) is 9.18 Å². The second-order valence-corrected chi connectivity index (χ2v) is 6.36. The molecule has 130 valence electrons. The maximum absolute atomic E-state index is 13.2. The monoisotopic (exact) mass is 360 g/mol. The van der Waals surface area contributed by atoms with Crippen molar-refractivity contribution in [3.05, 3.63) is 64.7 Å². The Morgan fingerprint density at radius 3 is 2.76 bits per heavy atom. The van der Waals surface area contributed by atoms with Crippen LogP contribution in [0, 0.1) is 5.82 Å². The van der Waals surface area contributed by atoms with E-state index in [-0.39, 0.29) is 24.4 Å². The highest BCUT2D eigenvalue weighted by Gasteiger charge is 2.15. The molecule has 0 unspecified atom stereocenters. The van der Waals surface area contributed by atoms with Crippen LogP contribution in [-0.2, 0) is 6.54 Å². The maximum atomic E-state index is 13.2. The minimum atomic E-state index is -0.328. The zero-order valence-electron chi connectivity index (χ0n) is 13.9. The van der Waals surface area contributed by atoms with Crippen molar-refractivity contribution >= 4 is 28.7 Å². The zero-order valence-corrected chi connectivity index (χ0v) is 14.6. The van der Waals surface area contributed by atoms with Gasteiger partial charge in [0.25, 0.3) is 0 Å². The number of halogens is 2. The lowest BCUT2D eigenvalue weighted by Crippen LogP contribution is -2.38. The molecule has 2 amide bonds. The van der Waals surface area contributed by atoms with E-state index in [1.807, 2.05) is 19.1 Å². The van der Waals surface area contributed by atoms with E-state index in [2.05, 4.69) is 15.3 Å². The lowest BCUT2D eigenvalue weighted by molar-refractivity contribution is 0.202. The summed E-state index contributed by atoms with van der Waals surface area (Å²) in [5, 5.41) is 3.57. The van der Waals surface area contributed by atoms with Crippen LogP contribution in [-0.4, -0.2) is 27.9 Å². The third-order valence-corrected chi connectivity index (χ3v) is 4.19. The first kappa shape index (κ1) is 17.2. The molecular formula is C18H18ClFN4O. The number of hydrogen-bond acceptors (Lipinski definition) is 2. The van der Waals surface area contributed by atoms with Crippen molar-refractivity contribution in [1.82, 2.24) is 20.2 Å². The molecule has 1 aromatic heterocycles. The molecule has 5 nitrogen and oxygen atoms in total. The molecule has 2 N–H and O–H groups in total. The molecule has 0 saturated heterocycles. The van der Waals surface area contributed by atoms with Crippen LogP contribution >= 0.6 is 11.6 Å². The molecule has 0 fully saturated rings. The van der Waals surface area contributed by atoms with Gasteiger partial charge in [-0.2, -0.15) is 0 Å². The van der Waals surface area contributed by atoms with Gasteiger partial charge in [-0.05, 0) is 42.8 Å². The fourth-order valence-corrected chi connectivity index (χ4v) is 2.66. The summed E-state index contributed by atoms with van der Waals surface area (Å²) in [6.07, 6.45) is 0. The van der Waals surface area contributed by atoms with E-state index >= 15 is 0 Å². The molecule has 25 heavy (non-hydrogen) atoms. The van der Waals surface area contributed by atoms with Gasteiger partial charge in [0.1, 0.15) is 11.6 Å². The van der Waals surface area contributed by atoms with Gasteiger partial charge in [0.15, 0.2) is 0 Å². The number of H-pyrrole nitrogens is 1. The number of carbonyl (C=O) groups excluding carboxylic acids is 1. The predicted octanol–water partition coefficient (Wildman–Crippen LogP) is 4.26. The van der Waals surface area contributed by atoms with E-state index in [1.165, 1.54) is 17.0 Å². The summed E-state index contributed by atoms with van der Waals surface area (Å²) in [4.78, 5) is 21.3. The summed E-state index contributed by atoms with van der Waals surface area (Å²) in [6.45, 7) is 2.19. The van der Waals surface area contributed by atoms with E-state index < -0.39 is 0 Å². The molecule has 0 radical (unpaired) electrons. The lowest BCUT2D eigenvalue weighted by atomic mass is 10.1. The summed E-state index contributed by atoms with van der Waals surface area (Å²) in [5.41, 5.74) is 2.24. The fourth-order valence-electron chi connectivity index (χ4n) is 2.54. The van der Waals surface area contributed by atoms with Crippen LogP contribution < -0.4 is 5.32 Å². The van der Waals surface area contributed by atoms with Crippen LogP contribution in [0.5, 0.6) is 0 Å². The number of hydrogen-bond donors (Lipinski definition) is 2. The van der Waals surface area contributed by atoms with Gasteiger partial charge < -0.3 is 15.2 Å². The smallest absolute Gasteiger partial charge is 0.318 e. The molecule has 7 heteroatoms. The van der Waals surface area contributed by atoms with Crippen LogP contribution in [0.1, 0.15) is 24.4 Å².